The minimum absolute atomic E-state index is 0.0193. The second-order valence-electron chi connectivity index (χ2n) is 8.44. The lowest BCUT2D eigenvalue weighted by molar-refractivity contribution is 0.0474. The van der Waals surface area contributed by atoms with Gasteiger partial charge in [0.2, 0.25) is 5.78 Å². The monoisotopic (exact) mass is 461 g/mol. The number of hydrogen-bond donors (Lipinski definition) is 0. The van der Waals surface area contributed by atoms with E-state index in [-0.39, 0.29) is 38.8 Å². The van der Waals surface area contributed by atoms with Gasteiger partial charge in [-0.05, 0) is 44.9 Å². The highest BCUT2D eigenvalue weighted by atomic mass is 35.5. The van der Waals surface area contributed by atoms with Gasteiger partial charge in [0.15, 0.2) is 18.2 Å². The highest BCUT2D eigenvalue weighted by Crippen LogP contribution is 2.38. The van der Waals surface area contributed by atoms with Crippen LogP contribution in [0, 0.1) is 13.8 Å². The average Bonchev–Trinajstić information content (AvgIpc) is 3.59. The van der Waals surface area contributed by atoms with E-state index in [0.29, 0.717) is 17.2 Å². The zero-order valence-corrected chi connectivity index (χ0v) is 18.9. The summed E-state index contributed by atoms with van der Waals surface area (Å²) in [6.45, 7) is 3.40. The van der Waals surface area contributed by atoms with Crippen LogP contribution < -0.4 is 0 Å². The predicted octanol–water partition coefficient (Wildman–Crippen LogP) is 4.91. The molecule has 0 unspecified atom stereocenters. The molecule has 1 saturated carbocycles. The Morgan fingerprint density at radius 2 is 1.64 bits per heavy atom. The fraction of sp³-hybridized carbons (Fsp3) is 0.231. The molecular formula is C26H20ClNO5. The minimum Gasteiger partial charge on any atom is -0.454 e. The van der Waals surface area contributed by atoms with Crippen molar-refractivity contribution in [2.75, 3.05) is 6.61 Å². The number of hydrogen-bond acceptors (Lipinski definition) is 5. The van der Waals surface area contributed by atoms with Crippen LogP contribution in [0.2, 0.25) is 5.02 Å². The summed E-state index contributed by atoms with van der Waals surface area (Å²) in [5, 5.41) is -0.148. The molecule has 0 saturated heterocycles. The van der Waals surface area contributed by atoms with Crippen molar-refractivity contribution in [2.24, 2.45) is 0 Å². The van der Waals surface area contributed by atoms with Gasteiger partial charge >= 0.3 is 5.97 Å². The van der Waals surface area contributed by atoms with Crippen LogP contribution in [0.15, 0.2) is 42.5 Å². The third-order valence-electron chi connectivity index (χ3n) is 6.28. The van der Waals surface area contributed by atoms with Gasteiger partial charge in [-0.3, -0.25) is 14.4 Å². The molecule has 1 aromatic heterocycles. The fourth-order valence-corrected chi connectivity index (χ4v) is 4.87. The average molecular weight is 462 g/mol. The summed E-state index contributed by atoms with van der Waals surface area (Å²) in [6.07, 6.45) is 2.20. The third-order valence-corrected chi connectivity index (χ3v) is 6.67. The van der Waals surface area contributed by atoms with E-state index < -0.39 is 18.4 Å². The smallest absolute Gasteiger partial charge is 0.340 e. The second-order valence-corrected chi connectivity index (χ2v) is 8.82. The Balaban J connectivity index is 1.38. The van der Waals surface area contributed by atoms with Crippen molar-refractivity contribution < 1.29 is 23.9 Å². The first-order valence-corrected chi connectivity index (χ1v) is 11.1. The van der Waals surface area contributed by atoms with E-state index in [1.54, 1.807) is 24.3 Å². The summed E-state index contributed by atoms with van der Waals surface area (Å²) in [5.41, 5.74) is 3.00. The summed E-state index contributed by atoms with van der Waals surface area (Å²) >= 11 is 6.41. The Kier molecular flexibility index (Phi) is 5.05. The van der Waals surface area contributed by atoms with Gasteiger partial charge in [-0.15, -0.1) is 0 Å². The van der Waals surface area contributed by atoms with Gasteiger partial charge in [0.25, 0.3) is 0 Å². The standard InChI is InChI=1S/C26H20ClNO5/c1-13-11-20(14(2)28(13)15-7-8-15)21(29)12-33-26(32)19-10-9-18-22(23(19)27)25(31)17-6-4-3-5-16(17)24(18)30/h3-6,9-11,15H,7-8,12H2,1-2H3. The summed E-state index contributed by atoms with van der Waals surface area (Å²) in [7, 11) is 0. The highest BCUT2D eigenvalue weighted by Gasteiger charge is 2.33. The molecule has 0 radical (unpaired) electrons. The molecule has 3 aromatic rings. The Morgan fingerprint density at radius 1 is 0.970 bits per heavy atom. The maximum absolute atomic E-state index is 13.0. The van der Waals surface area contributed by atoms with Crippen molar-refractivity contribution in [3.8, 4) is 0 Å². The van der Waals surface area contributed by atoms with Crippen molar-refractivity contribution in [2.45, 2.75) is 32.7 Å². The number of ether oxygens (including phenoxy) is 1. The number of carbonyl (C=O) groups is 4. The topological polar surface area (TPSA) is 82.4 Å². The lowest BCUT2D eigenvalue weighted by Gasteiger charge is -2.19. The maximum Gasteiger partial charge on any atom is 0.340 e. The van der Waals surface area contributed by atoms with Gasteiger partial charge in [0.1, 0.15) is 0 Å². The molecule has 0 amide bonds. The first-order chi connectivity index (χ1) is 15.8. The van der Waals surface area contributed by atoms with E-state index in [0.717, 1.165) is 24.2 Å². The lowest BCUT2D eigenvalue weighted by Crippen LogP contribution is -2.23. The number of Topliss-reactive ketones (excluding diaryl/α,β-unsaturated/α-hetero) is 1. The molecule has 0 aliphatic heterocycles. The quantitative estimate of drug-likeness (QED) is 0.311. The number of ketones is 3. The number of nitrogens with zero attached hydrogens (tertiary/aromatic N) is 1. The first-order valence-electron chi connectivity index (χ1n) is 10.7. The van der Waals surface area contributed by atoms with E-state index in [2.05, 4.69) is 4.57 Å². The van der Waals surface area contributed by atoms with Crippen LogP contribution in [-0.2, 0) is 4.74 Å². The van der Waals surface area contributed by atoms with E-state index in [1.807, 2.05) is 19.9 Å². The normalized spacial score (nSPS) is 14.6. The SMILES string of the molecule is Cc1cc(C(=O)COC(=O)c2ccc3c(c2Cl)C(=O)c2ccccc2C3=O)c(C)n1C1CC1. The highest BCUT2D eigenvalue weighted by molar-refractivity contribution is 6.41. The number of rotatable bonds is 5. The molecule has 33 heavy (non-hydrogen) atoms. The Hall–Kier alpha value is -3.51. The van der Waals surface area contributed by atoms with Crippen LogP contribution in [0.3, 0.4) is 0 Å². The molecule has 0 bridgehead atoms. The van der Waals surface area contributed by atoms with Gasteiger partial charge in [-0.25, -0.2) is 4.79 Å². The number of halogens is 1. The van der Waals surface area contributed by atoms with Gasteiger partial charge in [-0.1, -0.05) is 35.9 Å². The van der Waals surface area contributed by atoms with Gasteiger partial charge in [-0.2, -0.15) is 0 Å². The van der Waals surface area contributed by atoms with E-state index >= 15 is 0 Å². The molecule has 0 spiro atoms. The van der Waals surface area contributed by atoms with Gasteiger partial charge in [0.05, 0.1) is 16.1 Å². The molecule has 7 heteroatoms. The molecule has 6 nitrogen and oxygen atoms in total. The second kappa shape index (κ2) is 7.81. The van der Waals surface area contributed by atoms with Crippen LogP contribution >= 0.6 is 11.6 Å². The zero-order chi connectivity index (χ0) is 23.4. The molecule has 0 N–H and O–H groups in total. The summed E-state index contributed by atoms with van der Waals surface area (Å²) in [4.78, 5) is 51.3. The summed E-state index contributed by atoms with van der Waals surface area (Å²) in [6, 6.07) is 11.5. The zero-order valence-electron chi connectivity index (χ0n) is 18.1. The molecular weight excluding hydrogens is 442 g/mol. The molecule has 2 aliphatic rings. The fourth-order valence-electron chi connectivity index (χ4n) is 4.54. The number of carbonyl (C=O) groups excluding carboxylic acids is 4. The number of fused-ring (bicyclic) bond motifs is 2. The number of aromatic nitrogens is 1. The number of esters is 1. The van der Waals surface area contributed by atoms with E-state index in [1.165, 1.54) is 12.1 Å². The van der Waals surface area contributed by atoms with Gasteiger partial charge < -0.3 is 9.30 Å². The minimum atomic E-state index is -0.828. The van der Waals surface area contributed by atoms with Crippen molar-refractivity contribution >= 4 is 34.9 Å². The van der Waals surface area contributed by atoms with E-state index in [9.17, 15) is 19.2 Å². The van der Waals surface area contributed by atoms with Crippen molar-refractivity contribution in [3.05, 3.63) is 92.3 Å². The Labute approximate surface area is 195 Å². The van der Waals surface area contributed by atoms with Crippen molar-refractivity contribution in [1.29, 1.82) is 0 Å². The molecule has 1 fully saturated rings. The predicted molar refractivity (Wildman–Crippen MR) is 122 cm³/mol. The van der Waals surface area contributed by atoms with Crippen LogP contribution in [0.4, 0.5) is 0 Å². The molecule has 5 rings (SSSR count). The van der Waals surface area contributed by atoms with E-state index in [4.69, 9.17) is 16.3 Å². The molecule has 166 valence electrons. The Bertz CT molecular complexity index is 1380. The number of aryl methyl sites for hydroxylation is 1. The van der Waals surface area contributed by atoms with Crippen molar-refractivity contribution in [3.63, 3.8) is 0 Å². The van der Waals surface area contributed by atoms with Crippen LogP contribution in [0.1, 0.15) is 82.8 Å². The first kappa shape index (κ1) is 21.3. The maximum atomic E-state index is 13.0. The van der Waals surface area contributed by atoms with Crippen LogP contribution in [-0.4, -0.2) is 34.5 Å². The lowest BCUT2D eigenvalue weighted by atomic mass is 9.83. The molecule has 2 aliphatic carbocycles. The summed E-state index contributed by atoms with van der Waals surface area (Å²) < 4.78 is 7.40. The van der Waals surface area contributed by atoms with Crippen LogP contribution in [0.25, 0.3) is 0 Å². The molecule has 2 aromatic carbocycles. The summed E-state index contributed by atoms with van der Waals surface area (Å²) in [5.74, 6) is -1.89. The molecule has 1 heterocycles. The Morgan fingerprint density at radius 3 is 2.30 bits per heavy atom. The van der Waals surface area contributed by atoms with Crippen molar-refractivity contribution in [1.82, 2.24) is 4.57 Å². The van der Waals surface area contributed by atoms with Crippen LogP contribution in [0.5, 0.6) is 0 Å². The largest absolute Gasteiger partial charge is 0.454 e. The van der Waals surface area contributed by atoms with Gasteiger partial charge in [0, 0.05) is 39.7 Å². The molecule has 0 atom stereocenters. The third kappa shape index (κ3) is 3.42. The number of benzene rings is 2.